The minimum Gasteiger partial charge on any atom is -0.507 e. The van der Waals surface area contributed by atoms with Crippen LogP contribution in [0.15, 0.2) is 66.8 Å². The van der Waals surface area contributed by atoms with Gasteiger partial charge in [0, 0.05) is 43.2 Å². The second-order valence-electron chi connectivity index (χ2n) is 7.96. The number of carbonyl (C=O) groups is 2. The summed E-state index contributed by atoms with van der Waals surface area (Å²) in [6, 6.07) is 8.49. The fourth-order valence-corrected chi connectivity index (χ4v) is 4.00. The summed E-state index contributed by atoms with van der Waals surface area (Å²) in [5.41, 5.74) is 0.228. The maximum Gasteiger partial charge on any atom is 0.295 e. The summed E-state index contributed by atoms with van der Waals surface area (Å²) in [7, 11) is 0. The van der Waals surface area contributed by atoms with Crippen molar-refractivity contribution in [3.63, 3.8) is 0 Å². The van der Waals surface area contributed by atoms with Crippen molar-refractivity contribution in [2.24, 2.45) is 0 Å². The quantitative estimate of drug-likeness (QED) is 0.187. The monoisotopic (exact) mass is 464 g/mol. The van der Waals surface area contributed by atoms with Crippen molar-refractivity contribution in [2.75, 3.05) is 6.54 Å². The Morgan fingerprint density at radius 3 is 2.68 bits per heavy atom. The first-order valence-corrected chi connectivity index (χ1v) is 10.5. The standard InChI is InChI=1S/C24H21FN4O5/c1-15-6-7-17(13-19(15)25)22(30)20-21(16-4-2-5-18(12-16)29(33)34)28(24(32)23(20)31)10-3-9-27-11-8-26-14-27/h2,4-8,11-14,21,30H,3,9-10H2,1H3/b22-20+. The fourth-order valence-electron chi connectivity index (χ4n) is 4.00. The number of nitro groups is 1. The number of nitro benzene ring substituents is 1. The van der Waals surface area contributed by atoms with Crippen LogP contribution in [-0.2, 0) is 16.1 Å². The van der Waals surface area contributed by atoms with Gasteiger partial charge in [0.2, 0.25) is 0 Å². The first kappa shape index (κ1) is 22.8. The molecule has 1 aromatic heterocycles. The summed E-state index contributed by atoms with van der Waals surface area (Å²) in [4.78, 5) is 42.0. The Kier molecular flexibility index (Phi) is 6.22. The third kappa shape index (κ3) is 4.29. The minimum absolute atomic E-state index is 0.0370. The van der Waals surface area contributed by atoms with Gasteiger partial charge in [-0.25, -0.2) is 9.37 Å². The number of amides is 1. The smallest absolute Gasteiger partial charge is 0.295 e. The van der Waals surface area contributed by atoms with Crippen molar-refractivity contribution in [3.8, 4) is 0 Å². The van der Waals surface area contributed by atoms with E-state index in [0.29, 0.717) is 24.1 Å². The van der Waals surface area contributed by atoms with E-state index in [4.69, 9.17) is 0 Å². The molecule has 0 radical (unpaired) electrons. The summed E-state index contributed by atoms with van der Waals surface area (Å²) in [5, 5.41) is 22.3. The molecule has 1 saturated heterocycles. The normalized spacial score (nSPS) is 17.4. The molecule has 9 nitrogen and oxygen atoms in total. The molecule has 1 atom stereocenters. The van der Waals surface area contributed by atoms with Crippen molar-refractivity contribution < 1.29 is 24.0 Å². The van der Waals surface area contributed by atoms with E-state index in [1.807, 2.05) is 4.57 Å². The van der Waals surface area contributed by atoms with E-state index in [0.717, 1.165) is 6.07 Å². The number of halogens is 1. The lowest BCUT2D eigenvalue weighted by molar-refractivity contribution is -0.384. The van der Waals surface area contributed by atoms with Crippen LogP contribution in [0.3, 0.4) is 0 Å². The van der Waals surface area contributed by atoms with Gasteiger partial charge in [-0.2, -0.15) is 0 Å². The summed E-state index contributed by atoms with van der Waals surface area (Å²) in [6.07, 6.45) is 5.47. The molecular formula is C24H21FN4O5. The number of aliphatic hydroxyl groups is 1. The zero-order valence-electron chi connectivity index (χ0n) is 18.2. The first-order valence-electron chi connectivity index (χ1n) is 10.5. The van der Waals surface area contributed by atoms with Gasteiger partial charge in [-0.1, -0.05) is 24.3 Å². The van der Waals surface area contributed by atoms with Crippen molar-refractivity contribution in [1.29, 1.82) is 0 Å². The van der Waals surface area contributed by atoms with Crippen LogP contribution in [0, 0.1) is 22.9 Å². The molecule has 10 heteroatoms. The van der Waals surface area contributed by atoms with Crippen LogP contribution in [0.5, 0.6) is 0 Å². The van der Waals surface area contributed by atoms with Crippen molar-refractivity contribution in [2.45, 2.75) is 25.9 Å². The number of hydrogen-bond acceptors (Lipinski definition) is 6. The topological polar surface area (TPSA) is 119 Å². The number of benzene rings is 2. The average molecular weight is 464 g/mol. The van der Waals surface area contributed by atoms with Gasteiger partial charge in [0.25, 0.3) is 17.4 Å². The zero-order chi connectivity index (χ0) is 24.4. The highest BCUT2D eigenvalue weighted by Crippen LogP contribution is 2.40. The van der Waals surface area contributed by atoms with Crippen molar-refractivity contribution in [1.82, 2.24) is 14.5 Å². The molecule has 1 aliphatic rings. The Morgan fingerprint density at radius 2 is 2.00 bits per heavy atom. The number of likely N-dealkylation sites (tertiary alicyclic amines) is 1. The molecule has 1 aliphatic heterocycles. The maximum atomic E-state index is 14.2. The van der Waals surface area contributed by atoms with Crippen LogP contribution < -0.4 is 0 Å². The molecule has 4 rings (SSSR count). The van der Waals surface area contributed by atoms with E-state index < -0.39 is 34.2 Å². The molecule has 3 aromatic rings. The molecule has 2 heterocycles. The lowest BCUT2D eigenvalue weighted by atomic mass is 9.94. The van der Waals surface area contributed by atoms with Gasteiger partial charge in [-0.05, 0) is 30.5 Å². The Morgan fingerprint density at radius 1 is 1.21 bits per heavy atom. The molecule has 1 unspecified atom stereocenters. The van der Waals surface area contributed by atoms with E-state index in [1.165, 1.54) is 35.2 Å². The highest BCUT2D eigenvalue weighted by Gasteiger charge is 2.46. The number of aryl methyl sites for hydroxylation is 2. The number of rotatable bonds is 7. The van der Waals surface area contributed by atoms with Gasteiger partial charge in [0.15, 0.2) is 0 Å². The van der Waals surface area contributed by atoms with Crippen molar-refractivity contribution in [3.05, 3.63) is 99.4 Å². The molecule has 0 saturated carbocycles. The summed E-state index contributed by atoms with van der Waals surface area (Å²) >= 11 is 0. The van der Waals surface area contributed by atoms with Crippen molar-refractivity contribution >= 4 is 23.1 Å². The molecular weight excluding hydrogens is 443 g/mol. The van der Waals surface area contributed by atoms with Crippen LogP contribution in [-0.4, -0.2) is 42.7 Å². The second-order valence-corrected chi connectivity index (χ2v) is 7.96. The summed E-state index contributed by atoms with van der Waals surface area (Å²) in [5.74, 6) is -2.88. The Labute approximate surface area is 193 Å². The van der Waals surface area contributed by atoms with E-state index in [-0.39, 0.29) is 23.4 Å². The lowest BCUT2D eigenvalue weighted by Crippen LogP contribution is -2.31. The van der Waals surface area contributed by atoms with Gasteiger partial charge < -0.3 is 14.6 Å². The van der Waals surface area contributed by atoms with Crippen LogP contribution in [0.1, 0.15) is 29.2 Å². The zero-order valence-corrected chi connectivity index (χ0v) is 18.2. The number of Topliss-reactive ketones (excluding diaryl/α,β-unsaturated/α-hetero) is 1. The number of hydrogen-bond donors (Lipinski definition) is 1. The van der Waals surface area contributed by atoms with E-state index in [9.17, 15) is 29.2 Å². The molecule has 34 heavy (non-hydrogen) atoms. The van der Waals surface area contributed by atoms with Crippen LogP contribution in [0.4, 0.5) is 10.1 Å². The molecule has 1 amide bonds. The molecule has 0 bridgehead atoms. The van der Waals surface area contributed by atoms with Crippen LogP contribution in [0.2, 0.25) is 0 Å². The number of aliphatic hydroxyl groups excluding tert-OH is 1. The largest absolute Gasteiger partial charge is 0.507 e. The molecule has 0 aliphatic carbocycles. The summed E-state index contributed by atoms with van der Waals surface area (Å²) < 4.78 is 16.0. The van der Waals surface area contributed by atoms with Gasteiger partial charge in [0.1, 0.15) is 11.6 Å². The number of non-ortho nitro benzene ring substituents is 1. The van der Waals surface area contributed by atoms with Gasteiger partial charge in [-0.3, -0.25) is 19.7 Å². The second kappa shape index (κ2) is 9.26. The molecule has 1 fully saturated rings. The lowest BCUT2D eigenvalue weighted by Gasteiger charge is -2.25. The van der Waals surface area contributed by atoms with E-state index in [2.05, 4.69) is 4.98 Å². The highest BCUT2D eigenvalue weighted by atomic mass is 19.1. The number of ketones is 1. The predicted octanol–water partition coefficient (Wildman–Crippen LogP) is 3.75. The molecule has 0 spiro atoms. The Hall–Kier alpha value is -4.34. The average Bonchev–Trinajstić information content (AvgIpc) is 3.42. The number of carbonyl (C=O) groups excluding carboxylic acids is 2. The number of imidazole rings is 1. The van der Waals surface area contributed by atoms with Crippen LogP contribution in [0.25, 0.3) is 5.76 Å². The highest BCUT2D eigenvalue weighted by molar-refractivity contribution is 6.46. The van der Waals surface area contributed by atoms with E-state index in [1.54, 1.807) is 31.7 Å². The SMILES string of the molecule is Cc1ccc(/C(O)=C2\C(=O)C(=O)N(CCCn3ccnc3)C2c2cccc([N+](=O)[O-])c2)cc1F. The first-order chi connectivity index (χ1) is 16.3. The minimum atomic E-state index is -1.06. The third-order valence-electron chi connectivity index (χ3n) is 5.76. The molecule has 1 N–H and O–H groups in total. The molecule has 174 valence electrons. The maximum absolute atomic E-state index is 14.2. The predicted molar refractivity (Wildman–Crippen MR) is 120 cm³/mol. The molecule has 2 aromatic carbocycles. The third-order valence-corrected chi connectivity index (χ3v) is 5.76. The fraction of sp³-hybridized carbons (Fsp3) is 0.208. The van der Waals surface area contributed by atoms with E-state index >= 15 is 0 Å². The van der Waals surface area contributed by atoms with Gasteiger partial charge in [0.05, 0.1) is 22.9 Å². The van der Waals surface area contributed by atoms with Crippen LogP contribution >= 0.6 is 0 Å². The Balaban J connectivity index is 1.79. The van der Waals surface area contributed by atoms with Gasteiger partial charge >= 0.3 is 0 Å². The Bertz CT molecular complexity index is 1300. The number of aromatic nitrogens is 2. The summed E-state index contributed by atoms with van der Waals surface area (Å²) in [6.45, 7) is 2.23. The number of nitrogens with zero attached hydrogens (tertiary/aromatic N) is 4. The van der Waals surface area contributed by atoms with Gasteiger partial charge in [-0.15, -0.1) is 0 Å².